The van der Waals surface area contributed by atoms with E-state index in [-0.39, 0.29) is 17.2 Å². The predicted molar refractivity (Wildman–Crippen MR) is 123 cm³/mol. The van der Waals surface area contributed by atoms with Crippen LogP contribution in [0.4, 0.5) is 26.3 Å². The normalized spacial score (nSPS) is 14.2. The first-order chi connectivity index (χ1) is 15.9. The highest BCUT2D eigenvalue weighted by molar-refractivity contribution is 7.97. The maximum absolute atomic E-state index is 12.4. The molecule has 0 atom stereocenters. The van der Waals surface area contributed by atoms with Gasteiger partial charge in [0, 0.05) is 18.0 Å². The second-order valence-electron chi connectivity index (χ2n) is 6.12. The molecular formula is C18H16F6N8S2. The van der Waals surface area contributed by atoms with Crippen molar-refractivity contribution in [1.82, 2.24) is 20.6 Å². The summed E-state index contributed by atoms with van der Waals surface area (Å²) in [7, 11) is 0. The Kier molecular flexibility index (Phi) is 9.85. The molecule has 0 aliphatic heterocycles. The molecule has 0 radical (unpaired) electrons. The Hall–Kier alpha value is -3.14. The van der Waals surface area contributed by atoms with E-state index in [2.05, 4.69) is 55.6 Å². The molecule has 2 rings (SSSR count). The van der Waals surface area contributed by atoms with E-state index in [9.17, 15) is 26.3 Å². The highest BCUT2D eigenvalue weighted by Crippen LogP contribution is 2.14. The molecule has 8 nitrogen and oxygen atoms in total. The van der Waals surface area contributed by atoms with Gasteiger partial charge >= 0.3 is 12.4 Å². The van der Waals surface area contributed by atoms with Crippen LogP contribution in [0.3, 0.4) is 0 Å². The van der Waals surface area contributed by atoms with Gasteiger partial charge < -0.3 is 10.6 Å². The molecule has 16 heteroatoms. The van der Waals surface area contributed by atoms with Crippen molar-refractivity contribution in [3.05, 3.63) is 60.2 Å². The van der Waals surface area contributed by atoms with Crippen LogP contribution in [0.2, 0.25) is 0 Å². The van der Waals surface area contributed by atoms with E-state index < -0.39 is 35.8 Å². The van der Waals surface area contributed by atoms with Crippen molar-refractivity contribution >= 4 is 47.0 Å². The van der Waals surface area contributed by atoms with Crippen molar-refractivity contribution in [1.29, 1.82) is 0 Å². The van der Waals surface area contributed by atoms with Crippen LogP contribution in [-0.4, -0.2) is 57.2 Å². The van der Waals surface area contributed by atoms with E-state index in [1.54, 1.807) is 30.3 Å². The van der Waals surface area contributed by atoms with Gasteiger partial charge in [-0.25, -0.2) is 9.97 Å². The summed E-state index contributed by atoms with van der Waals surface area (Å²) < 4.78 is 74.5. The van der Waals surface area contributed by atoms with Gasteiger partial charge in [-0.05, 0) is 6.07 Å². The number of aromatic nitrogens is 2. The van der Waals surface area contributed by atoms with Crippen LogP contribution in [0.5, 0.6) is 0 Å². The molecule has 34 heavy (non-hydrogen) atoms. The van der Waals surface area contributed by atoms with Crippen LogP contribution in [0.1, 0.15) is 11.4 Å². The molecule has 182 valence electrons. The van der Waals surface area contributed by atoms with E-state index in [4.69, 9.17) is 0 Å². The number of halogens is 6. The maximum atomic E-state index is 12.4. The molecule has 0 aliphatic rings. The predicted octanol–water partition coefficient (Wildman–Crippen LogP) is 3.46. The van der Waals surface area contributed by atoms with Crippen molar-refractivity contribution in [3.8, 4) is 0 Å². The minimum Gasteiger partial charge on any atom is -0.354 e. The van der Waals surface area contributed by atoms with Crippen molar-refractivity contribution < 1.29 is 26.3 Å². The van der Waals surface area contributed by atoms with Crippen molar-refractivity contribution in [2.75, 3.05) is 13.1 Å². The Labute approximate surface area is 200 Å². The Morgan fingerprint density at radius 2 is 1.18 bits per heavy atom. The summed E-state index contributed by atoms with van der Waals surface area (Å²) in [4.78, 5) is 8.07. The average molecular weight is 523 g/mol. The Balaban J connectivity index is 2.52. The number of nitrogens with one attached hydrogen (secondary N) is 2. The van der Waals surface area contributed by atoms with E-state index in [0.29, 0.717) is 5.56 Å². The van der Waals surface area contributed by atoms with Crippen molar-refractivity contribution in [2.45, 2.75) is 12.4 Å². The lowest BCUT2D eigenvalue weighted by Crippen LogP contribution is -2.31. The van der Waals surface area contributed by atoms with Crippen LogP contribution in [0, 0.1) is 0 Å². The quantitative estimate of drug-likeness (QED) is 0.147. The van der Waals surface area contributed by atoms with Crippen LogP contribution in [0.15, 0.2) is 69.2 Å². The number of benzene rings is 1. The van der Waals surface area contributed by atoms with Gasteiger partial charge in [-0.3, -0.25) is 0 Å². The minimum atomic E-state index is -4.52. The summed E-state index contributed by atoms with van der Waals surface area (Å²) in [5.41, 5.74) is 0.189. The SMILES string of the molecule is FC(F)(F)CN/C(S)=N/N=C(/C(=N/N=C(\S)NCC(F)(F)F)c1ccccc1)c1ncccn1. The average Bonchev–Trinajstić information content (AvgIpc) is 2.78. The third kappa shape index (κ3) is 10.2. The highest BCUT2D eigenvalue weighted by atomic mass is 32.1. The van der Waals surface area contributed by atoms with Gasteiger partial charge in [0.2, 0.25) is 0 Å². The molecule has 2 N–H and O–H groups in total. The standard InChI is InChI=1S/C18H16F6N8S2/c19-17(20,21)9-27-15(33)31-29-12(11-5-2-1-3-6-11)13(14-25-7-4-8-26-14)30-32-16(34)28-10-18(22,23)24/h1-8H,9-10H2,(H2,27,31,33)(H2,28,32,34)/b29-12+,30-13-. The molecule has 0 bridgehead atoms. The molecular weight excluding hydrogens is 506 g/mol. The molecule has 0 saturated carbocycles. The highest BCUT2D eigenvalue weighted by Gasteiger charge is 2.27. The van der Waals surface area contributed by atoms with Gasteiger partial charge in [0.1, 0.15) is 18.8 Å². The van der Waals surface area contributed by atoms with Crippen molar-refractivity contribution in [2.24, 2.45) is 20.4 Å². The molecule has 0 saturated heterocycles. The number of rotatable bonds is 7. The zero-order valence-electron chi connectivity index (χ0n) is 16.9. The minimum absolute atomic E-state index is 0.0371. The third-order valence-corrected chi connectivity index (χ3v) is 3.93. The zero-order valence-corrected chi connectivity index (χ0v) is 18.7. The number of nitrogens with zero attached hydrogens (tertiary/aromatic N) is 6. The molecule has 2 aromatic rings. The summed E-state index contributed by atoms with van der Waals surface area (Å²) in [6.07, 6.45) is -6.30. The maximum Gasteiger partial charge on any atom is 0.405 e. The van der Waals surface area contributed by atoms with Gasteiger partial charge in [0.15, 0.2) is 21.9 Å². The Morgan fingerprint density at radius 3 is 1.65 bits per heavy atom. The first-order valence-electron chi connectivity index (χ1n) is 9.08. The third-order valence-electron chi connectivity index (χ3n) is 3.43. The second kappa shape index (κ2) is 12.4. The molecule has 1 aromatic heterocycles. The molecule has 0 amide bonds. The van der Waals surface area contributed by atoms with Gasteiger partial charge in [-0.15, -0.1) is 45.7 Å². The smallest absolute Gasteiger partial charge is 0.354 e. The number of hydrogen-bond donors (Lipinski definition) is 4. The number of thiol groups is 2. The van der Waals surface area contributed by atoms with Crippen LogP contribution >= 0.6 is 25.3 Å². The first kappa shape index (κ1) is 27.1. The lowest BCUT2D eigenvalue weighted by Gasteiger charge is -2.09. The van der Waals surface area contributed by atoms with Crippen LogP contribution in [-0.2, 0) is 0 Å². The largest absolute Gasteiger partial charge is 0.405 e. The fraction of sp³-hybridized carbons (Fsp3) is 0.222. The van der Waals surface area contributed by atoms with Gasteiger partial charge in [0.05, 0.1) is 0 Å². The van der Waals surface area contributed by atoms with Crippen molar-refractivity contribution in [3.63, 3.8) is 0 Å². The molecule has 0 fully saturated rings. The summed E-state index contributed by atoms with van der Waals surface area (Å²) in [5.74, 6) is -0.0371. The summed E-state index contributed by atoms with van der Waals surface area (Å²) in [5, 5.41) is 18.0. The first-order valence-corrected chi connectivity index (χ1v) is 9.98. The zero-order chi connectivity index (χ0) is 25.2. The van der Waals surface area contributed by atoms with Crippen LogP contribution in [0.25, 0.3) is 0 Å². The number of amidine groups is 2. The molecule has 0 aliphatic carbocycles. The summed E-state index contributed by atoms with van der Waals surface area (Å²) >= 11 is 7.65. The van der Waals surface area contributed by atoms with E-state index in [0.717, 1.165) is 0 Å². The van der Waals surface area contributed by atoms with Crippen LogP contribution < -0.4 is 10.6 Å². The number of hydrogen-bond acceptors (Lipinski definition) is 6. The second-order valence-corrected chi connectivity index (χ2v) is 6.97. The lowest BCUT2D eigenvalue weighted by atomic mass is 10.1. The fourth-order valence-corrected chi connectivity index (χ4v) is 2.33. The Bertz CT molecular complexity index is 968. The van der Waals surface area contributed by atoms with Gasteiger partial charge in [-0.1, -0.05) is 30.3 Å². The Morgan fingerprint density at radius 1 is 0.706 bits per heavy atom. The van der Waals surface area contributed by atoms with E-state index >= 15 is 0 Å². The van der Waals surface area contributed by atoms with Gasteiger partial charge in [0.25, 0.3) is 0 Å². The topological polar surface area (TPSA) is 99.3 Å². The van der Waals surface area contributed by atoms with Gasteiger partial charge in [-0.2, -0.15) is 26.3 Å². The molecule has 1 heterocycles. The fourth-order valence-electron chi connectivity index (χ4n) is 2.08. The lowest BCUT2D eigenvalue weighted by molar-refractivity contribution is -0.122. The van der Waals surface area contributed by atoms with E-state index in [1.807, 2.05) is 10.6 Å². The molecule has 0 unspecified atom stereocenters. The summed E-state index contributed by atoms with van der Waals surface area (Å²) in [6.45, 7) is -2.80. The monoisotopic (exact) mass is 522 g/mol. The molecule has 0 spiro atoms. The van der Waals surface area contributed by atoms with E-state index in [1.165, 1.54) is 18.5 Å². The number of alkyl halides is 6. The summed E-state index contributed by atoms with van der Waals surface area (Å²) in [6, 6.07) is 9.64. The molecule has 1 aromatic carbocycles.